The van der Waals surface area contributed by atoms with Crippen LogP contribution < -0.4 is 10.1 Å². The molecule has 98 valence electrons. The van der Waals surface area contributed by atoms with Crippen molar-refractivity contribution in [2.24, 2.45) is 0 Å². The van der Waals surface area contributed by atoms with Gasteiger partial charge >= 0.3 is 5.97 Å². The number of carboxylic acid groups (broad SMARTS) is 1. The van der Waals surface area contributed by atoms with E-state index in [0.717, 1.165) is 11.3 Å². The number of aliphatic carboxylic acids is 1. The van der Waals surface area contributed by atoms with Gasteiger partial charge in [-0.05, 0) is 24.6 Å². The molecule has 0 bridgehead atoms. The second-order valence-corrected chi connectivity index (χ2v) is 3.99. The summed E-state index contributed by atoms with van der Waals surface area (Å²) in [4.78, 5) is 21.9. The Hall–Kier alpha value is -1.88. The number of carboxylic acids is 1. The molecule has 2 N–H and O–H groups in total. The molecule has 1 rings (SSSR count). The first-order valence-electron chi connectivity index (χ1n) is 5.61. The van der Waals surface area contributed by atoms with Gasteiger partial charge in [-0.3, -0.25) is 9.59 Å². The number of ketones is 1. The third-order valence-electron chi connectivity index (χ3n) is 2.58. The predicted octanol–water partition coefficient (Wildman–Crippen LogP) is 1.22. The van der Waals surface area contributed by atoms with E-state index in [-0.39, 0.29) is 12.2 Å². The summed E-state index contributed by atoms with van der Waals surface area (Å²) in [6, 6.07) is 6.71. The number of benzene rings is 1. The van der Waals surface area contributed by atoms with Gasteiger partial charge in [-0.25, -0.2) is 0 Å². The molecule has 0 spiro atoms. The highest BCUT2D eigenvalue weighted by Crippen LogP contribution is 2.11. The summed E-state index contributed by atoms with van der Waals surface area (Å²) in [6.07, 6.45) is -0.203. The smallest absolute Gasteiger partial charge is 0.305 e. The van der Waals surface area contributed by atoms with Crippen molar-refractivity contribution >= 4 is 11.8 Å². The third-order valence-corrected chi connectivity index (χ3v) is 2.58. The van der Waals surface area contributed by atoms with E-state index in [4.69, 9.17) is 9.84 Å². The predicted molar refractivity (Wildman–Crippen MR) is 66.6 cm³/mol. The van der Waals surface area contributed by atoms with Crippen molar-refractivity contribution in [3.05, 3.63) is 29.8 Å². The van der Waals surface area contributed by atoms with Crippen LogP contribution in [0.25, 0.3) is 0 Å². The lowest BCUT2D eigenvalue weighted by Crippen LogP contribution is -2.36. The fourth-order valence-electron chi connectivity index (χ4n) is 1.52. The van der Waals surface area contributed by atoms with Crippen LogP contribution in [0, 0.1) is 0 Å². The largest absolute Gasteiger partial charge is 0.497 e. The quantitative estimate of drug-likeness (QED) is 0.762. The number of methoxy groups -OCH3 is 1. The third kappa shape index (κ3) is 4.55. The Morgan fingerprint density at radius 3 is 2.39 bits per heavy atom. The SMILES string of the molecule is COc1ccc(CNC(CC(=O)O)C(C)=O)cc1. The second kappa shape index (κ2) is 6.76. The van der Waals surface area contributed by atoms with Crippen molar-refractivity contribution in [2.45, 2.75) is 25.9 Å². The first-order chi connectivity index (χ1) is 8.52. The summed E-state index contributed by atoms with van der Waals surface area (Å²) in [6.45, 7) is 1.83. The van der Waals surface area contributed by atoms with Crippen LogP contribution >= 0.6 is 0 Å². The first-order valence-corrected chi connectivity index (χ1v) is 5.61. The van der Waals surface area contributed by atoms with E-state index in [1.807, 2.05) is 24.3 Å². The summed E-state index contributed by atoms with van der Waals surface area (Å²) in [5.41, 5.74) is 0.965. The highest BCUT2D eigenvalue weighted by Gasteiger charge is 2.16. The van der Waals surface area contributed by atoms with E-state index < -0.39 is 12.0 Å². The van der Waals surface area contributed by atoms with Gasteiger partial charge in [0, 0.05) is 6.54 Å². The number of hydrogen-bond donors (Lipinski definition) is 2. The maximum atomic E-state index is 11.3. The molecular formula is C13H17NO4. The number of carbonyl (C=O) groups is 2. The molecule has 1 aromatic rings. The fraction of sp³-hybridized carbons (Fsp3) is 0.385. The van der Waals surface area contributed by atoms with E-state index in [9.17, 15) is 9.59 Å². The van der Waals surface area contributed by atoms with Gasteiger partial charge in [0.05, 0.1) is 19.6 Å². The minimum Gasteiger partial charge on any atom is -0.497 e. The van der Waals surface area contributed by atoms with Crippen molar-refractivity contribution in [1.29, 1.82) is 0 Å². The van der Waals surface area contributed by atoms with E-state index in [0.29, 0.717) is 6.54 Å². The molecule has 0 saturated heterocycles. The van der Waals surface area contributed by atoms with Gasteiger partial charge in [0.2, 0.25) is 0 Å². The normalized spacial score (nSPS) is 11.9. The standard InChI is InChI=1S/C13H17NO4/c1-9(15)12(7-13(16)17)14-8-10-3-5-11(18-2)6-4-10/h3-6,12,14H,7-8H2,1-2H3,(H,16,17). The molecule has 5 heteroatoms. The molecule has 5 nitrogen and oxygen atoms in total. The minimum absolute atomic E-state index is 0.175. The van der Waals surface area contributed by atoms with Crippen LogP contribution in [-0.4, -0.2) is 30.0 Å². The molecule has 0 aromatic heterocycles. The van der Waals surface area contributed by atoms with Crippen LogP contribution in [-0.2, 0) is 16.1 Å². The number of nitrogens with one attached hydrogen (secondary N) is 1. The Labute approximate surface area is 106 Å². The maximum Gasteiger partial charge on any atom is 0.305 e. The van der Waals surface area contributed by atoms with Crippen molar-refractivity contribution < 1.29 is 19.4 Å². The van der Waals surface area contributed by atoms with Crippen molar-refractivity contribution in [2.75, 3.05) is 7.11 Å². The Bertz CT molecular complexity index is 414. The molecule has 18 heavy (non-hydrogen) atoms. The van der Waals surface area contributed by atoms with Crippen molar-refractivity contribution in [1.82, 2.24) is 5.32 Å². The highest BCUT2D eigenvalue weighted by atomic mass is 16.5. The summed E-state index contributed by atoms with van der Waals surface area (Å²) in [5.74, 6) is -0.407. The molecule has 0 aliphatic heterocycles. The molecule has 1 unspecified atom stereocenters. The summed E-state index contributed by atoms with van der Waals surface area (Å²) < 4.78 is 5.03. The number of hydrogen-bond acceptors (Lipinski definition) is 4. The summed E-state index contributed by atoms with van der Waals surface area (Å²) >= 11 is 0. The van der Waals surface area contributed by atoms with Crippen LogP contribution in [0.2, 0.25) is 0 Å². The molecule has 0 saturated carbocycles. The lowest BCUT2D eigenvalue weighted by atomic mass is 10.1. The molecule has 1 aromatic carbocycles. The van der Waals surface area contributed by atoms with E-state index in [1.165, 1.54) is 6.92 Å². The lowest BCUT2D eigenvalue weighted by molar-refractivity contribution is -0.139. The van der Waals surface area contributed by atoms with Gasteiger partial charge in [-0.15, -0.1) is 0 Å². The zero-order chi connectivity index (χ0) is 13.5. The number of ether oxygens (including phenoxy) is 1. The average molecular weight is 251 g/mol. The molecule has 0 radical (unpaired) electrons. The molecule has 0 heterocycles. The fourth-order valence-corrected chi connectivity index (χ4v) is 1.52. The number of carbonyl (C=O) groups excluding carboxylic acids is 1. The monoisotopic (exact) mass is 251 g/mol. The van der Waals surface area contributed by atoms with Crippen LogP contribution in [0.5, 0.6) is 5.75 Å². The average Bonchev–Trinajstić information content (AvgIpc) is 2.34. The molecule has 0 aliphatic carbocycles. The topological polar surface area (TPSA) is 75.6 Å². The van der Waals surface area contributed by atoms with E-state index >= 15 is 0 Å². The van der Waals surface area contributed by atoms with Crippen LogP contribution in [0.15, 0.2) is 24.3 Å². The van der Waals surface area contributed by atoms with Gasteiger partial charge in [-0.2, -0.15) is 0 Å². The Morgan fingerprint density at radius 2 is 1.94 bits per heavy atom. The van der Waals surface area contributed by atoms with Gasteiger partial charge in [-0.1, -0.05) is 12.1 Å². The highest BCUT2D eigenvalue weighted by molar-refractivity contribution is 5.85. The van der Waals surface area contributed by atoms with Gasteiger partial charge in [0.25, 0.3) is 0 Å². The minimum atomic E-state index is -0.988. The van der Waals surface area contributed by atoms with Gasteiger partial charge in [0.1, 0.15) is 11.5 Å². The Morgan fingerprint density at radius 1 is 1.33 bits per heavy atom. The van der Waals surface area contributed by atoms with Crippen LogP contribution in [0.3, 0.4) is 0 Å². The maximum absolute atomic E-state index is 11.3. The molecule has 0 fully saturated rings. The Balaban J connectivity index is 2.55. The van der Waals surface area contributed by atoms with Gasteiger partial charge < -0.3 is 15.2 Å². The Kier molecular flexibility index (Phi) is 5.32. The zero-order valence-corrected chi connectivity index (χ0v) is 10.5. The number of Topliss-reactive ketones (excluding diaryl/α,β-unsaturated/α-hetero) is 1. The van der Waals surface area contributed by atoms with Crippen LogP contribution in [0.1, 0.15) is 18.9 Å². The number of rotatable bonds is 7. The lowest BCUT2D eigenvalue weighted by Gasteiger charge is -2.13. The summed E-state index contributed by atoms with van der Waals surface area (Å²) in [5, 5.41) is 11.6. The van der Waals surface area contributed by atoms with Crippen LogP contribution in [0.4, 0.5) is 0 Å². The molecule has 0 aliphatic rings. The second-order valence-electron chi connectivity index (χ2n) is 3.99. The van der Waals surface area contributed by atoms with E-state index in [1.54, 1.807) is 7.11 Å². The molecule has 1 atom stereocenters. The molecule has 0 amide bonds. The first kappa shape index (κ1) is 14.2. The van der Waals surface area contributed by atoms with Crippen molar-refractivity contribution in [3.8, 4) is 5.75 Å². The van der Waals surface area contributed by atoms with Crippen molar-refractivity contribution in [3.63, 3.8) is 0 Å². The zero-order valence-electron chi connectivity index (χ0n) is 10.5. The van der Waals surface area contributed by atoms with Gasteiger partial charge in [0.15, 0.2) is 0 Å². The van der Waals surface area contributed by atoms with E-state index in [2.05, 4.69) is 5.32 Å². The summed E-state index contributed by atoms with van der Waals surface area (Å²) in [7, 11) is 1.59. The molecular weight excluding hydrogens is 234 g/mol.